The van der Waals surface area contributed by atoms with Crippen molar-refractivity contribution in [2.75, 3.05) is 24.4 Å². The summed E-state index contributed by atoms with van der Waals surface area (Å²) in [6.45, 7) is 2.17. The number of carbonyl (C=O) groups excluding carboxylic acids is 1. The molecule has 1 aliphatic heterocycles. The van der Waals surface area contributed by atoms with E-state index in [0.29, 0.717) is 11.6 Å². The second kappa shape index (κ2) is 9.29. The highest BCUT2D eigenvalue weighted by atomic mass is 35.5. The molecule has 0 aliphatic carbocycles. The number of hydrazone groups is 1. The van der Waals surface area contributed by atoms with E-state index in [-0.39, 0.29) is 23.9 Å². The van der Waals surface area contributed by atoms with Crippen LogP contribution in [0.3, 0.4) is 0 Å². The Labute approximate surface area is 196 Å². The molecule has 8 nitrogen and oxygen atoms in total. The molecule has 0 radical (unpaired) electrons. The summed E-state index contributed by atoms with van der Waals surface area (Å²) < 4.78 is 29.3. The molecule has 0 saturated heterocycles. The number of aromatic nitrogens is 2. The Morgan fingerprint density at radius 2 is 1.85 bits per heavy atom. The summed E-state index contributed by atoms with van der Waals surface area (Å²) in [6, 6.07) is 17.1. The molecule has 1 atom stereocenters. The number of esters is 1. The van der Waals surface area contributed by atoms with Gasteiger partial charge in [-0.15, -0.1) is 0 Å². The summed E-state index contributed by atoms with van der Waals surface area (Å²) in [7, 11) is -3.71. The number of anilines is 1. The van der Waals surface area contributed by atoms with Crippen molar-refractivity contribution in [1.82, 2.24) is 9.97 Å². The van der Waals surface area contributed by atoms with Gasteiger partial charge in [-0.1, -0.05) is 54.1 Å². The van der Waals surface area contributed by atoms with Gasteiger partial charge in [0.05, 0.1) is 18.9 Å². The predicted molar refractivity (Wildman–Crippen MR) is 126 cm³/mol. The highest BCUT2D eigenvalue weighted by molar-refractivity contribution is 7.90. The van der Waals surface area contributed by atoms with Gasteiger partial charge in [-0.25, -0.2) is 23.2 Å². The van der Waals surface area contributed by atoms with Crippen molar-refractivity contribution >= 4 is 38.9 Å². The third kappa shape index (κ3) is 4.89. The van der Waals surface area contributed by atoms with Gasteiger partial charge in [0.1, 0.15) is 5.56 Å². The topological polar surface area (TPSA) is 102 Å². The molecule has 4 rings (SSSR count). The molecular formula is C23H21ClN4O4S. The van der Waals surface area contributed by atoms with Gasteiger partial charge >= 0.3 is 5.97 Å². The fourth-order valence-corrected chi connectivity index (χ4v) is 4.17. The van der Waals surface area contributed by atoms with Crippen LogP contribution in [0.4, 0.5) is 5.82 Å². The Morgan fingerprint density at radius 1 is 1.15 bits per heavy atom. The van der Waals surface area contributed by atoms with E-state index >= 15 is 0 Å². The Balaban J connectivity index is 1.85. The predicted octanol–water partition coefficient (Wildman–Crippen LogP) is 3.72. The van der Waals surface area contributed by atoms with Crippen LogP contribution in [0.5, 0.6) is 0 Å². The third-order valence-corrected chi connectivity index (χ3v) is 6.19. The van der Waals surface area contributed by atoms with E-state index in [1.54, 1.807) is 19.1 Å². The van der Waals surface area contributed by atoms with Crippen molar-refractivity contribution in [2.45, 2.75) is 18.0 Å². The van der Waals surface area contributed by atoms with E-state index in [4.69, 9.17) is 21.4 Å². The molecule has 2 heterocycles. The number of hydrogen-bond acceptors (Lipinski definition) is 8. The summed E-state index contributed by atoms with van der Waals surface area (Å²) >= 11 is 6.07. The molecule has 2 aromatic carbocycles. The van der Waals surface area contributed by atoms with Crippen LogP contribution in [0.25, 0.3) is 0 Å². The third-order valence-electron chi connectivity index (χ3n) is 5.07. The summed E-state index contributed by atoms with van der Waals surface area (Å²) in [4.78, 5) is 20.6. The van der Waals surface area contributed by atoms with Crippen LogP contribution in [0, 0.1) is 0 Å². The molecule has 33 heavy (non-hydrogen) atoms. The molecule has 0 N–H and O–H groups in total. The van der Waals surface area contributed by atoms with Crippen LogP contribution in [0.2, 0.25) is 5.02 Å². The number of hydrogen-bond donors (Lipinski definition) is 0. The number of sulfone groups is 1. The highest BCUT2D eigenvalue weighted by Gasteiger charge is 2.33. The minimum absolute atomic E-state index is 0.0390. The van der Waals surface area contributed by atoms with Crippen molar-refractivity contribution in [3.63, 3.8) is 0 Å². The highest BCUT2D eigenvalue weighted by Crippen LogP contribution is 2.33. The first-order valence-corrected chi connectivity index (χ1v) is 12.5. The fraction of sp³-hybridized carbons (Fsp3) is 0.217. The fourth-order valence-electron chi connectivity index (χ4n) is 3.55. The zero-order valence-corrected chi connectivity index (χ0v) is 19.5. The first-order chi connectivity index (χ1) is 15.8. The Hall–Kier alpha value is -3.30. The summed E-state index contributed by atoms with van der Waals surface area (Å²) in [5.41, 5.74) is 2.65. The molecule has 0 saturated carbocycles. The van der Waals surface area contributed by atoms with Crippen molar-refractivity contribution in [1.29, 1.82) is 0 Å². The quantitative estimate of drug-likeness (QED) is 0.388. The number of halogens is 1. The van der Waals surface area contributed by atoms with Crippen LogP contribution in [0.1, 0.15) is 34.3 Å². The SMILES string of the molecule is CCOC(=O)c1cnc(S(C)(=O)=O)nc1N1CC(c2ccccc2)C(c2ccc(Cl)cc2)=N1. The largest absolute Gasteiger partial charge is 0.462 e. The first kappa shape index (κ1) is 22.9. The monoisotopic (exact) mass is 484 g/mol. The number of rotatable bonds is 6. The lowest BCUT2D eigenvalue weighted by Crippen LogP contribution is -2.23. The second-order valence-corrected chi connectivity index (χ2v) is 9.77. The standard InChI is InChI=1S/C23H21ClN4O4S/c1-3-32-22(29)18-13-25-23(33(2,30)31)26-21(18)28-14-19(15-7-5-4-6-8-15)20(27-28)16-9-11-17(24)12-10-16/h4-13,19H,3,14H2,1-2H3. The van der Waals surface area contributed by atoms with E-state index in [2.05, 4.69) is 9.97 Å². The summed E-state index contributed by atoms with van der Waals surface area (Å²) in [5, 5.41) is 6.50. The van der Waals surface area contributed by atoms with Gasteiger partial charge in [0.15, 0.2) is 5.82 Å². The number of ether oxygens (including phenoxy) is 1. The van der Waals surface area contributed by atoms with Crippen molar-refractivity contribution in [3.05, 3.63) is 82.5 Å². The Kier molecular flexibility index (Phi) is 6.44. The maximum absolute atomic E-state index is 12.6. The van der Waals surface area contributed by atoms with Crippen LogP contribution in [0.15, 0.2) is 71.1 Å². The number of benzene rings is 2. The molecule has 0 fully saturated rings. The average Bonchev–Trinajstić information content (AvgIpc) is 3.25. The molecule has 0 amide bonds. The maximum atomic E-state index is 12.6. The number of nitrogens with zero attached hydrogens (tertiary/aromatic N) is 4. The van der Waals surface area contributed by atoms with Gasteiger partial charge in [-0.2, -0.15) is 10.1 Å². The van der Waals surface area contributed by atoms with Crippen LogP contribution < -0.4 is 5.01 Å². The van der Waals surface area contributed by atoms with Crippen molar-refractivity contribution < 1.29 is 17.9 Å². The van der Waals surface area contributed by atoms with Crippen LogP contribution >= 0.6 is 11.6 Å². The average molecular weight is 485 g/mol. The van der Waals surface area contributed by atoms with E-state index < -0.39 is 21.0 Å². The van der Waals surface area contributed by atoms with Gasteiger partial charge in [0.2, 0.25) is 15.0 Å². The molecule has 170 valence electrons. The number of carbonyl (C=O) groups is 1. The van der Waals surface area contributed by atoms with E-state index in [1.165, 1.54) is 11.2 Å². The zero-order chi connectivity index (χ0) is 23.6. The van der Waals surface area contributed by atoms with E-state index in [1.807, 2.05) is 42.5 Å². The molecule has 1 aromatic heterocycles. The van der Waals surface area contributed by atoms with Gasteiger partial charge in [-0.05, 0) is 30.2 Å². The van der Waals surface area contributed by atoms with Gasteiger partial charge in [0.25, 0.3) is 0 Å². The minimum Gasteiger partial charge on any atom is -0.462 e. The molecular weight excluding hydrogens is 464 g/mol. The first-order valence-electron chi connectivity index (χ1n) is 10.2. The minimum atomic E-state index is -3.71. The lowest BCUT2D eigenvalue weighted by Gasteiger charge is -2.18. The molecule has 3 aromatic rings. The summed E-state index contributed by atoms with van der Waals surface area (Å²) in [6.07, 6.45) is 2.18. The summed E-state index contributed by atoms with van der Waals surface area (Å²) in [5.74, 6) is -0.730. The van der Waals surface area contributed by atoms with E-state index in [9.17, 15) is 13.2 Å². The van der Waals surface area contributed by atoms with Gasteiger partial charge in [-0.3, -0.25) is 0 Å². The van der Waals surface area contributed by atoms with Gasteiger partial charge < -0.3 is 4.74 Å². The van der Waals surface area contributed by atoms with Crippen LogP contribution in [-0.4, -0.2) is 49.5 Å². The molecule has 10 heteroatoms. The molecule has 0 spiro atoms. The van der Waals surface area contributed by atoms with Crippen LogP contribution in [-0.2, 0) is 14.6 Å². The van der Waals surface area contributed by atoms with Crippen molar-refractivity contribution in [2.24, 2.45) is 5.10 Å². The molecule has 1 unspecified atom stereocenters. The van der Waals surface area contributed by atoms with Crippen molar-refractivity contribution in [3.8, 4) is 0 Å². The second-order valence-electron chi connectivity index (χ2n) is 7.42. The smallest absolute Gasteiger partial charge is 0.343 e. The lowest BCUT2D eigenvalue weighted by molar-refractivity contribution is 0.0526. The maximum Gasteiger partial charge on any atom is 0.343 e. The molecule has 0 bridgehead atoms. The van der Waals surface area contributed by atoms with E-state index in [0.717, 1.165) is 23.1 Å². The molecule has 1 aliphatic rings. The van der Waals surface area contributed by atoms with Gasteiger partial charge in [0, 0.05) is 23.4 Å². The zero-order valence-electron chi connectivity index (χ0n) is 18.0. The Bertz CT molecular complexity index is 1310. The lowest BCUT2D eigenvalue weighted by atomic mass is 9.91. The normalized spacial score (nSPS) is 15.9. The Morgan fingerprint density at radius 3 is 2.48 bits per heavy atom.